The largest absolute Gasteiger partial charge is 0.378 e. The van der Waals surface area contributed by atoms with Gasteiger partial charge < -0.3 is 29.9 Å². The van der Waals surface area contributed by atoms with Crippen LogP contribution in [-0.4, -0.2) is 78.0 Å². The lowest BCUT2D eigenvalue weighted by atomic mass is 10.0. The minimum absolute atomic E-state index is 0.0208. The maximum Gasteiger partial charge on any atom is 0.309 e. The SMILES string of the molecule is CN(C)c1ccc([C@@H](CNC(=O)C(=O)NC[C@@H]2CCCO2)[NH+]2CCOCC2)cc1. The summed E-state index contributed by atoms with van der Waals surface area (Å²) in [6, 6.07) is 8.44. The Hall–Kier alpha value is -2.16. The summed E-state index contributed by atoms with van der Waals surface area (Å²) in [7, 11) is 4.02. The minimum Gasteiger partial charge on any atom is -0.378 e. The monoisotopic (exact) mass is 405 g/mol. The quantitative estimate of drug-likeness (QED) is 0.513. The van der Waals surface area contributed by atoms with E-state index < -0.39 is 11.8 Å². The van der Waals surface area contributed by atoms with E-state index in [1.165, 1.54) is 4.90 Å². The Labute approximate surface area is 172 Å². The molecule has 160 valence electrons. The summed E-state index contributed by atoms with van der Waals surface area (Å²) >= 11 is 0. The number of carbonyl (C=O) groups excluding carboxylic acids is 2. The van der Waals surface area contributed by atoms with Crippen LogP contribution in [0.25, 0.3) is 0 Å². The molecule has 8 nitrogen and oxygen atoms in total. The van der Waals surface area contributed by atoms with Crippen molar-refractivity contribution in [2.45, 2.75) is 25.0 Å². The third kappa shape index (κ3) is 6.16. The normalized spacial score (nSPS) is 20.8. The molecule has 0 aromatic heterocycles. The molecule has 2 saturated heterocycles. The van der Waals surface area contributed by atoms with Gasteiger partial charge in [-0.25, -0.2) is 0 Å². The number of morpholine rings is 1. The molecule has 2 fully saturated rings. The van der Waals surface area contributed by atoms with Gasteiger partial charge in [0.2, 0.25) is 0 Å². The molecule has 1 aromatic rings. The predicted octanol–water partition coefficient (Wildman–Crippen LogP) is -0.880. The number of hydrogen-bond acceptors (Lipinski definition) is 5. The van der Waals surface area contributed by atoms with Crippen molar-refractivity contribution in [3.05, 3.63) is 29.8 Å². The van der Waals surface area contributed by atoms with E-state index in [-0.39, 0.29) is 12.1 Å². The first kappa shape index (κ1) is 21.5. The van der Waals surface area contributed by atoms with Crippen LogP contribution in [-0.2, 0) is 19.1 Å². The number of hydrogen-bond donors (Lipinski definition) is 3. The van der Waals surface area contributed by atoms with E-state index in [0.29, 0.717) is 26.3 Å². The van der Waals surface area contributed by atoms with Gasteiger partial charge in [-0.3, -0.25) is 9.59 Å². The Balaban J connectivity index is 1.58. The van der Waals surface area contributed by atoms with E-state index in [2.05, 4.69) is 39.8 Å². The van der Waals surface area contributed by atoms with Crippen molar-refractivity contribution in [3.63, 3.8) is 0 Å². The van der Waals surface area contributed by atoms with E-state index in [4.69, 9.17) is 9.47 Å². The summed E-state index contributed by atoms with van der Waals surface area (Å²) in [5.41, 5.74) is 2.27. The van der Waals surface area contributed by atoms with Gasteiger partial charge in [-0.05, 0) is 25.0 Å². The Bertz CT molecular complexity index is 668. The second kappa shape index (κ2) is 10.6. The summed E-state index contributed by atoms with van der Waals surface area (Å²) in [6.07, 6.45) is 1.95. The van der Waals surface area contributed by atoms with Crippen LogP contribution < -0.4 is 20.4 Å². The standard InChI is InChI=1S/C21H32N4O4/c1-24(2)17-7-5-16(6-8-17)19(25-9-12-28-13-10-25)15-23-21(27)20(26)22-14-18-4-3-11-29-18/h5-8,18-19H,3-4,9-15H2,1-2H3,(H,22,26)(H,23,27)/p+1/t18-,19+/m0/s1. The summed E-state index contributed by atoms with van der Waals surface area (Å²) in [5, 5.41) is 5.51. The van der Waals surface area contributed by atoms with Crippen LogP contribution in [0.5, 0.6) is 0 Å². The van der Waals surface area contributed by atoms with Gasteiger partial charge in [0.1, 0.15) is 19.1 Å². The predicted molar refractivity (Wildman–Crippen MR) is 110 cm³/mol. The van der Waals surface area contributed by atoms with Gasteiger partial charge in [-0.2, -0.15) is 0 Å². The molecule has 29 heavy (non-hydrogen) atoms. The lowest BCUT2D eigenvalue weighted by molar-refractivity contribution is -0.937. The summed E-state index contributed by atoms with van der Waals surface area (Å²) < 4.78 is 11.0. The fourth-order valence-corrected chi connectivity index (χ4v) is 3.85. The first-order valence-electron chi connectivity index (χ1n) is 10.4. The molecule has 0 saturated carbocycles. The van der Waals surface area contributed by atoms with Crippen molar-refractivity contribution in [2.24, 2.45) is 0 Å². The highest BCUT2D eigenvalue weighted by Gasteiger charge is 2.28. The van der Waals surface area contributed by atoms with Crippen LogP contribution in [0.2, 0.25) is 0 Å². The molecule has 3 N–H and O–H groups in total. The summed E-state index contributed by atoms with van der Waals surface area (Å²) in [4.78, 5) is 27.9. The summed E-state index contributed by atoms with van der Waals surface area (Å²) in [6.45, 7) is 4.68. The second-order valence-corrected chi connectivity index (χ2v) is 7.86. The van der Waals surface area contributed by atoms with Gasteiger partial charge in [0, 0.05) is 38.5 Å². The van der Waals surface area contributed by atoms with Crippen LogP contribution in [0.3, 0.4) is 0 Å². The number of nitrogens with one attached hydrogen (secondary N) is 3. The third-order valence-corrected chi connectivity index (χ3v) is 5.63. The zero-order valence-corrected chi connectivity index (χ0v) is 17.4. The first-order valence-corrected chi connectivity index (χ1v) is 10.4. The molecule has 3 rings (SSSR count). The number of benzene rings is 1. The second-order valence-electron chi connectivity index (χ2n) is 7.86. The number of amides is 2. The van der Waals surface area contributed by atoms with Gasteiger partial charge in [-0.15, -0.1) is 0 Å². The Morgan fingerprint density at radius 3 is 2.41 bits per heavy atom. The number of anilines is 1. The molecule has 2 amide bonds. The van der Waals surface area contributed by atoms with Gasteiger partial charge in [0.15, 0.2) is 0 Å². The fourth-order valence-electron chi connectivity index (χ4n) is 3.85. The molecule has 2 aliphatic heterocycles. The van der Waals surface area contributed by atoms with Crippen molar-refractivity contribution in [1.29, 1.82) is 0 Å². The highest BCUT2D eigenvalue weighted by molar-refractivity contribution is 6.35. The number of rotatable bonds is 7. The van der Waals surface area contributed by atoms with Crippen LogP contribution in [0.4, 0.5) is 5.69 Å². The minimum atomic E-state index is -0.598. The third-order valence-electron chi connectivity index (χ3n) is 5.63. The smallest absolute Gasteiger partial charge is 0.309 e. The topological polar surface area (TPSA) is 84.3 Å². The molecule has 8 heteroatoms. The zero-order valence-electron chi connectivity index (χ0n) is 17.4. The van der Waals surface area contributed by atoms with Crippen LogP contribution in [0.1, 0.15) is 24.4 Å². The van der Waals surface area contributed by atoms with E-state index in [1.54, 1.807) is 0 Å². The van der Waals surface area contributed by atoms with Crippen LogP contribution in [0.15, 0.2) is 24.3 Å². The molecule has 2 atom stereocenters. The van der Waals surface area contributed by atoms with E-state index >= 15 is 0 Å². The lowest BCUT2D eigenvalue weighted by Gasteiger charge is -2.32. The Kier molecular flexibility index (Phi) is 7.85. The van der Waals surface area contributed by atoms with Gasteiger partial charge in [-0.1, -0.05) is 12.1 Å². The average molecular weight is 406 g/mol. The van der Waals surface area contributed by atoms with Crippen LogP contribution >= 0.6 is 0 Å². The van der Waals surface area contributed by atoms with Crippen molar-refractivity contribution < 1.29 is 24.0 Å². The van der Waals surface area contributed by atoms with Crippen molar-refractivity contribution in [2.75, 3.05) is 65.0 Å². The zero-order chi connectivity index (χ0) is 20.6. The molecule has 2 heterocycles. The molecule has 1 aromatic carbocycles. The van der Waals surface area contributed by atoms with Crippen molar-refractivity contribution >= 4 is 17.5 Å². The highest BCUT2D eigenvalue weighted by Crippen LogP contribution is 2.16. The van der Waals surface area contributed by atoms with Crippen molar-refractivity contribution in [1.82, 2.24) is 10.6 Å². The maximum absolute atomic E-state index is 12.3. The molecular formula is C21H33N4O4+. The molecule has 2 aliphatic rings. The first-order chi connectivity index (χ1) is 14.0. The number of nitrogens with zero attached hydrogens (tertiary/aromatic N) is 1. The summed E-state index contributed by atoms with van der Waals surface area (Å²) in [5.74, 6) is -1.19. The fraction of sp³-hybridized carbons (Fsp3) is 0.619. The Morgan fingerprint density at radius 2 is 1.79 bits per heavy atom. The van der Waals surface area contributed by atoms with Crippen molar-refractivity contribution in [3.8, 4) is 0 Å². The molecular weight excluding hydrogens is 372 g/mol. The highest BCUT2D eigenvalue weighted by atomic mass is 16.5. The molecule has 0 radical (unpaired) electrons. The molecule has 0 bridgehead atoms. The lowest BCUT2D eigenvalue weighted by Crippen LogP contribution is -3.15. The van der Waals surface area contributed by atoms with Gasteiger partial charge in [0.05, 0.1) is 25.9 Å². The van der Waals surface area contributed by atoms with E-state index in [9.17, 15) is 9.59 Å². The molecule has 0 spiro atoms. The Morgan fingerprint density at radius 1 is 1.10 bits per heavy atom. The number of quaternary nitrogens is 1. The maximum atomic E-state index is 12.3. The number of carbonyl (C=O) groups is 2. The van der Waals surface area contributed by atoms with Gasteiger partial charge >= 0.3 is 11.8 Å². The molecule has 0 unspecified atom stereocenters. The average Bonchev–Trinajstić information content (AvgIpc) is 3.27. The van der Waals surface area contributed by atoms with E-state index in [1.807, 2.05) is 14.1 Å². The number of ether oxygens (including phenoxy) is 2. The molecule has 0 aliphatic carbocycles. The van der Waals surface area contributed by atoms with Gasteiger partial charge in [0.25, 0.3) is 0 Å². The van der Waals surface area contributed by atoms with E-state index in [0.717, 1.165) is 43.8 Å². The van der Waals surface area contributed by atoms with Crippen LogP contribution in [0, 0.1) is 0 Å².